The molecule has 0 fully saturated rings. The highest BCUT2D eigenvalue weighted by Crippen LogP contribution is 2.15. The number of aromatic nitrogens is 3. The molecular formula is C7H9N5. The zero-order valence-electron chi connectivity index (χ0n) is 6.86. The Labute approximate surface area is 70.2 Å². The molecule has 1 aliphatic rings. The molecule has 0 aliphatic carbocycles. The fourth-order valence-corrected chi connectivity index (χ4v) is 1.30. The summed E-state index contributed by atoms with van der Waals surface area (Å²) in [7, 11) is 1.98. The second kappa shape index (κ2) is 2.48. The highest BCUT2D eigenvalue weighted by molar-refractivity contribution is 5.32. The summed E-state index contributed by atoms with van der Waals surface area (Å²) in [5.41, 5.74) is 0. The maximum absolute atomic E-state index is 8.42. The second-order valence-electron chi connectivity index (χ2n) is 2.81. The van der Waals surface area contributed by atoms with Crippen LogP contribution in [0.25, 0.3) is 0 Å². The molecule has 0 aromatic carbocycles. The third-order valence-electron chi connectivity index (χ3n) is 1.92. The van der Waals surface area contributed by atoms with Gasteiger partial charge in [-0.05, 0) is 0 Å². The smallest absolute Gasteiger partial charge is 0.223 e. The minimum absolute atomic E-state index is 0.299. The van der Waals surface area contributed by atoms with Gasteiger partial charge in [-0.3, -0.25) is 0 Å². The number of nitrogens with zero attached hydrogens (tertiary/aromatic N) is 5. The van der Waals surface area contributed by atoms with E-state index in [0.29, 0.717) is 12.2 Å². The Morgan fingerprint density at radius 2 is 2.42 bits per heavy atom. The zero-order chi connectivity index (χ0) is 8.55. The molecule has 1 aliphatic heterocycles. The average Bonchev–Trinajstić information content (AvgIpc) is 2.55. The molecule has 0 amide bonds. The van der Waals surface area contributed by atoms with E-state index >= 15 is 0 Å². The van der Waals surface area contributed by atoms with Crippen LogP contribution in [0.1, 0.15) is 5.82 Å². The minimum Gasteiger partial charge on any atom is -0.342 e. The van der Waals surface area contributed by atoms with Crippen LogP contribution < -0.4 is 4.90 Å². The maximum Gasteiger partial charge on any atom is 0.223 e. The van der Waals surface area contributed by atoms with Crippen molar-refractivity contribution in [2.45, 2.75) is 13.0 Å². The van der Waals surface area contributed by atoms with Gasteiger partial charge in [-0.2, -0.15) is 15.3 Å². The highest BCUT2D eigenvalue weighted by atomic mass is 15.5. The molecule has 0 saturated carbocycles. The van der Waals surface area contributed by atoms with Gasteiger partial charge in [-0.1, -0.05) is 0 Å². The summed E-state index contributed by atoms with van der Waals surface area (Å²) in [4.78, 5) is 6.25. The van der Waals surface area contributed by atoms with Crippen LogP contribution in [0.4, 0.5) is 5.95 Å². The minimum atomic E-state index is 0.299. The van der Waals surface area contributed by atoms with Gasteiger partial charge in [-0.25, -0.2) is 4.68 Å². The fraction of sp³-hybridized carbons (Fsp3) is 0.571. The van der Waals surface area contributed by atoms with Crippen molar-refractivity contribution in [1.82, 2.24) is 14.8 Å². The molecule has 0 saturated heterocycles. The van der Waals surface area contributed by atoms with Crippen LogP contribution in [0, 0.1) is 11.3 Å². The summed E-state index contributed by atoms with van der Waals surface area (Å²) in [6.45, 7) is 1.84. The van der Waals surface area contributed by atoms with E-state index in [0.717, 1.165) is 19.0 Å². The Balaban J connectivity index is 2.31. The normalized spacial score (nSPS) is 14.5. The molecule has 0 radical (unpaired) electrons. The molecule has 0 bridgehead atoms. The molecule has 1 aromatic heterocycles. The topological polar surface area (TPSA) is 57.7 Å². The van der Waals surface area contributed by atoms with Crippen LogP contribution >= 0.6 is 0 Å². The SMILES string of the molecule is CN1CCn2nc(CC#N)nc21. The number of anilines is 1. The van der Waals surface area contributed by atoms with E-state index in [1.165, 1.54) is 0 Å². The first kappa shape index (κ1) is 7.10. The van der Waals surface area contributed by atoms with Crippen LogP contribution in [-0.2, 0) is 13.0 Å². The van der Waals surface area contributed by atoms with Crippen molar-refractivity contribution in [3.05, 3.63) is 5.82 Å². The molecule has 0 unspecified atom stereocenters. The van der Waals surface area contributed by atoms with Crippen LogP contribution in [-0.4, -0.2) is 28.4 Å². The van der Waals surface area contributed by atoms with Crippen molar-refractivity contribution >= 4 is 5.95 Å². The van der Waals surface area contributed by atoms with Gasteiger partial charge in [0.2, 0.25) is 5.95 Å². The Morgan fingerprint density at radius 3 is 3.08 bits per heavy atom. The summed E-state index contributed by atoms with van der Waals surface area (Å²) < 4.78 is 1.84. The molecule has 0 atom stereocenters. The summed E-state index contributed by atoms with van der Waals surface area (Å²) in [5, 5.41) is 12.6. The quantitative estimate of drug-likeness (QED) is 0.575. The van der Waals surface area contributed by atoms with Crippen molar-refractivity contribution in [3.63, 3.8) is 0 Å². The summed E-state index contributed by atoms with van der Waals surface area (Å²) in [6, 6.07) is 2.03. The monoisotopic (exact) mass is 163 g/mol. The number of rotatable bonds is 1. The molecule has 0 N–H and O–H groups in total. The van der Waals surface area contributed by atoms with E-state index in [1.807, 2.05) is 22.7 Å². The molecule has 12 heavy (non-hydrogen) atoms. The van der Waals surface area contributed by atoms with Crippen LogP contribution in [0.5, 0.6) is 0 Å². The predicted octanol–water partition coefficient (Wildman–Crippen LogP) is -0.206. The van der Waals surface area contributed by atoms with Gasteiger partial charge < -0.3 is 4.90 Å². The zero-order valence-corrected chi connectivity index (χ0v) is 6.86. The molecule has 62 valence electrons. The second-order valence-corrected chi connectivity index (χ2v) is 2.81. The van der Waals surface area contributed by atoms with Crippen LogP contribution in [0.3, 0.4) is 0 Å². The Bertz CT molecular complexity index is 334. The lowest BCUT2D eigenvalue weighted by Crippen LogP contribution is -2.13. The van der Waals surface area contributed by atoms with E-state index in [1.54, 1.807) is 0 Å². The lowest BCUT2D eigenvalue weighted by molar-refractivity contribution is 0.679. The first-order valence-electron chi connectivity index (χ1n) is 3.83. The van der Waals surface area contributed by atoms with Crippen molar-refractivity contribution in [2.75, 3.05) is 18.5 Å². The van der Waals surface area contributed by atoms with Gasteiger partial charge in [0.25, 0.3) is 0 Å². The van der Waals surface area contributed by atoms with E-state index in [9.17, 15) is 0 Å². The summed E-state index contributed by atoms with van der Waals surface area (Å²) in [6.07, 6.45) is 0.299. The lowest BCUT2D eigenvalue weighted by Gasteiger charge is -2.04. The third-order valence-corrected chi connectivity index (χ3v) is 1.92. The van der Waals surface area contributed by atoms with E-state index < -0.39 is 0 Å². The van der Waals surface area contributed by atoms with Crippen molar-refractivity contribution in [2.24, 2.45) is 0 Å². The summed E-state index contributed by atoms with van der Waals surface area (Å²) >= 11 is 0. The van der Waals surface area contributed by atoms with Gasteiger partial charge in [0.15, 0.2) is 5.82 Å². The number of nitriles is 1. The van der Waals surface area contributed by atoms with Gasteiger partial charge in [0.05, 0.1) is 19.0 Å². The molecule has 1 aromatic rings. The van der Waals surface area contributed by atoms with Gasteiger partial charge >= 0.3 is 0 Å². The third kappa shape index (κ3) is 0.925. The lowest BCUT2D eigenvalue weighted by atomic mass is 10.5. The number of hydrogen-bond donors (Lipinski definition) is 0. The van der Waals surface area contributed by atoms with Gasteiger partial charge in [0.1, 0.15) is 0 Å². The molecule has 5 heteroatoms. The fourth-order valence-electron chi connectivity index (χ4n) is 1.30. The number of fused-ring (bicyclic) bond motifs is 1. The van der Waals surface area contributed by atoms with Gasteiger partial charge in [0, 0.05) is 13.6 Å². The largest absolute Gasteiger partial charge is 0.342 e. The Hall–Kier alpha value is -1.57. The predicted molar refractivity (Wildman–Crippen MR) is 42.6 cm³/mol. The maximum atomic E-state index is 8.42. The first-order chi connectivity index (χ1) is 5.81. The molecule has 0 spiro atoms. The van der Waals surface area contributed by atoms with Gasteiger partial charge in [-0.15, -0.1) is 0 Å². The van der Waals surface area contributed by atoms with E-state index in [4.69, 9.17) is 5.26 Å². The Kier molecular flexibility index (Phi) is 1.47. The standard InChI is InChI=1S/C7H9N5/c1-11-4-5-12-7(11)9-6(10-12)2-3-8/h2,4-5H2,1H3. The van der Waals surface area contributed by atoms with Crippen molar-refractivity contribution < 1.29 is 0 Å². The number of hydrogen-bond acceptors (Lipinski definition) is 4. The van der Waals surface area contributed by atoms with Crippen LogP contribution in [0.2, 0.25) is 0 Å². The van der Waals surface area contributed by atoms with E-state index in [-0.39, 0.29) is 0 Å². The molecule has 2 heterocycles. The van der Waals surface area contributed by atoms with Crippen molar-refractivity contribution in [3.8, 4) is 6.07 Å². The summed E-state index contributed by atoms with van der Waals surface area (Å²) in [5.74, 6) is 1.50. The number of likely N-dealkylation sites (N-methyl/N-ethyl adjacent to an activating group) is 1. The Morgan fingerprint density at radius 1 is 1.58 bits per heavy atom. The average molecular weight is 163 g/mol. The molecule has 5 nitrogen and oxygen atoms in total. The first-order valence-corrected chi connectivity index (χ1v) is 3.83. The van der Waals surface area contributed by atoms with Crippen LogP contribution in [0.15, 0.2) is 0 Å². The van der Waals surface area contributed by atoms with Crippen molar-refractivity contribution in [1.29, 1.82) is 5.26 Å². The van der Waals surface area contributed by atoms with E-state index in [2.05, 4.69) is 10.1 Å². The molecular weight excluding hydrogens is 154 g/mol. The molecule has 2 rings (SSSR count). The highest BCUT2D eigenvalue weighted by Gasteiger charge is 2.19.